The summed E-state index contributed by atoms with van der Waals surface area (Å²) in [6.07, 6.45) is 9.39. The molecule has 0 spiro atoms. The molecule has 1 aromatic heterocycles. The van der Waals surface area contributed by atoms with Crippen LogP contribution >= 0.6 is 0 Å². The second kappa shape index (κ2) is 7.33. The van der Waals surface area contributed by atoms with Crippen LogP contribution in [0.4, 0.5) is 5.82 Å². The van der Waals surface area contributed by atoms with Gasteiger partial charge in [0.15, 0.2) is 0 Å². The van der Waals surface area contributed by atoms with Crippen molar-refractivity contribution in [2.24, 2.45) is 7.05 Å². The van der Waals surface area contributed by atoms with E-state index in [9.17, 15) is 5.11 Å². The molecule has 0 aromatic carbocycles. The fourth-order valence-electron chi connectivity index (χ4n) is 1.99. The average molecular weight is 239 g/mol. The number of unbranched alkanes of at least 4 members (excludes halogenated alkanes) is 5. The first-order valence-corrected chi connectivity index (χ1v) is 6.62. The zero-order valence-electron chi connectivity index (χ0n) is 11.0. The first kappa shape index (κ1) is 14.0. The van der Waals surface area contributed by atoms with E-state index in [1.54, 1.807) is 17.9 Å². The number of nitrogens with two attached hydrogens (primary N) is 1. The van der Waals surface area contributed by atoms with Gasteiger partial charge in [-0.25, -0.2) is 0 Å². The van der Waals surface area contributed by atoms with Gasteiger partial charge in [-0.05, 0) is 6.42 Å². The van der Waals surface area contributed by atoms with Crippen molar-refractivity contribution in [2.45, 2.75) is 58.0 Å². The Balaban J connectivity index is 2.21. The van der Waals surface area contributed by atoms with Gasteiger partial charge in [0.1, 0.15) is 5.82 Å². The van der Waals surface area contributed by atoms with Crippen molar-refractivity contribution in [3.63, 3.8) is 0 Å². The standard InChI is InChI=1S/C13H25N3O/c1-3-4-5-6-7-8-9-12(17)11-10-15-16(2)13(11)14/h10,12,17H,3-9,14H2,1-2H3. The maximum atomic E-state index is 9.98. The Kier molecular flexibility index (Phi) is 6.05. The molecule has 0 saturated heterocycles. The van der Waals surface area contributed by atoms with Crippen molar-refractivity contribution >= 4 is 5.82 Å². The van der Waals surface area contributed by atoms with Gasteiger partial charge in [0.2, 0.25) is 0 Å². The summed E-state index contributed by atoms with van der Waals surface area (Å²) < 4.78 is 1.60. The topological polar surface area (TPSA) is 64.1 Å². The molecular weight excluding hydrogens is 214 g/mol. The second-order valence-corrected chi connectivity index (χ2v) is 4.68. The zero-order valence-corrected chi connectivity index (χ0v) is 11.0. The van der Waals surface area contributed by atoms with E-state index in [2.05, 4.69) is 12.0 Å². The summed E-state index contributed by atoms with van der Waals surface area (Å²) in [4.78, 5) is 0. The maximum Gasteiger partial charge on any atom is 0.127 e. The lowest BCUT2D eigenvalue weighted by Crippen LogP contribution is -2.03. The highest BCUT2D eigenvalue weighted by Crippen LogP contribution is 2.24. The molecule has 17 heavy (non-hydrogen) atoms. The Morgan fingerprint density at radius 3 is 2.53 bits per heavy atom. The van der Waals surface area contributed by atoms with Crippen LogP contribution in [-0.2, 0) is 7.05 Å². The molecule has 0 fully saturated rings. The number of aromatic nitrogens is 2. The Morgan fingerprint density at radius 1 is 1.29 bits per heavy atom. The lowest BCUT2D eigenvalue weighted by atomic mass is 10.0. The lowest BCUT2D eigenvalue weighted by molar-refractivity contribution is 0.164. The highest BCUT2D eigenvalue weighted by Gasteiger charge is 2.13. The number of hydrogen-bond acceptors (Lipinski definition) is 3. The fourth-order valence-corrected chi connectivity index (χ4v) is 1.99. The first-order valence-electron chi connectivity index (χ1n) is 6.62. The van der Waals surface area contributed by atoms with Gasteiger partial charge < -0.3 is 10.8 Å². The minimum absolute atomic E-state index is 0.463. The molecule has 1 heterocycles. The average Bonchev–Trinajstić information content (AvgIpc) is 2.64. The predicted octanol–water partition coefficient (Wildman–Crippen LogP) is 2.79. The molecule has 4 heteroatoms. The molecular formula is C13H25N3O. The van der Waals surface area contributed by atoms with E-state index in [0.717, 1.165) is 18.4 Å². The van der Waals surface area contributed by atoms with Crippen LogP contribution in [0.3, 0.4) is 0 Å². The van der Waals surface area contributed by atoms with E-state index < -0.39 is 6.10 Å². The molecule has 3 N–H and O–H groups in total. The summed E-state index contributed by atoms with van der Waals surface area (Å²) in [7, 11) is 1.79. The summed E-state index contributed by atoms with van der Waals surface area (Å²) in [5.41, 5.74) is 6.58. The quantitative estimate of drug-likeness (QED) is 0.686. The molecule has 0 aliphatic carbocycles. The third-order valence-electron chi connectivity index (χ3n) is 3.20. The number of aliphatic hydroxyl groups is 1. The molecule has 1 rings (SSSR count). The monoisotopic (exact) mass is 239 g/mol. The summed E-state index contributed by atoms with van der Waals surface area (Å²) >= 11 is 0. The second-order valence-electron chi connectivity index (χ2n) is 4.68. The van der Waals surface area contributed by atoms with Gasteiger partial charge >= 0.3 is 0 Å². The van der Waals surface area contributed by atoms with Crippen LogP contribution in [0.15, 0.2) is 6.20 Å². The molecule has 4 nitrogen and oxygen atoms in total. The van der Waals surface area contributed by atoms with Gasteiger partial charge in [0.05, 0.1) is 12.3 Å². The number of aliphatic hydroxyl groups excluding tert-OH is 1. The lowest BCUT2D eigenvalue weighted by Gasteiger charge is -2.09. The van der Waals surface area contributed by atoms with Crippen LogP contribution in [0.5, 0.6) is 0 Å². The van der Waals surface area contributed by atoms with Gasteiger partial charge in [-0.2, -0.15) is 5.10 Å². The van der Waals surface area contributed by atoms with Crippen LogP contribution in [-0.4, -0.2) is 14.9 Å². The minimum Gasteiger partial charge on any atom is -0.388 e. The number of aryl methyl sites for hydroxylation is 1. The Labute approximate surface area is 104 Å². The first-order chi connectivity index (χ1) is 8.16. The van der Waals surface area contributed by atoms with Crippen LogP contribution in [0.25, 0.3) is 0 Å². The zero-order chi connectivity index (χ0) is 12.7. The van der Waals surface area contributed by atoms with Crippen molar-refractivity contribution in [1.82, 2.24) is 9.78 Å². The maximum absolute atomic E-state index is 9.98. The minimum atomic E-state index is -0.463. The van der Waals surface area contributed by atoms with Crippen LogP contribution in [0.2, 0.25) is 0 Å². The van der Waals surface area contributed by atoms with Gasteiger partial charge in [-0.15, -0.1) is 0 Å². The van der Waals surface area contributed by atoms with E-state index >= 15 is 0 Å². The SMILES string of the molecule is CCCCCCCCC(O)c1cnn(C)c1N. The Morgan fingerprint density at radius 2 is 1.94 bits per heavy atom. The van der Waals surface area contributed by atoms with Gasteiger partial charge in [0.25, 0.3) is 0 Å². The summed E-state index contributed by atoms with van der Waals surface area (Å²) in [5.74, 6) is 0.573. The van der Waals surface area contributed by atoms with Crippen molar-refractivity contribution in [3.05, 3.63) is 11.8 Å². The molecule has 0 aliphatic rings. The summed E-state index contributed by atoms with van der Waals surface area (Å²) in [6, 6.07) is 0. The van der Waals surface area contributed by atoms with Crippen LogP contribution in [0.1, 0.15) is 63.5 Å². The van der Waals surface area contributed by atoms with E-state index in [0.29, 0.717) is 5.82 Å². The van der Waals surface area contributed by atoms with Crippen molar-refractivity contribution in [3.8, 4) is 0 Å². The van der Waals surface area contributed by atoms with Crippen LogP contribution in [0, 0.1) is 0 Å². The number of anilines is 1. The molecule has 0 aliphatic heterocycles. The number of nitrogen functional groups attached to an aromatic ring is 1. The third-order valence-corrected chi connectivity index (χ3v) is 3.20. The molecule has 1 unspecified atom stereocenters. The Hall–Kier alpha value is -1.03. The third kappa shape index (κ3) is 4.38. The van der Waals surface area contributed by atoms with Crippen LogP contribution < -0.4 is 5.73 Å². The van der Waals surface area contributed by atoms with E-state index in [1.807, 2.05) is 0 Å². The molecule has 0 radical (unpaired) electrons. The molecule has 98 valence electrons. The highest BCUT2D eigenvalue weighted by molar-refractivity contribution is 5.39. The molecule has 1 atom stereocenters. The normalized spacial score (nSPS) is 12.9. The smallest absolute Gasteiger partial charge is 0.127 e. The largest absolute Gasteiger partial charge is 0.388 e. The highest BCUT2D eigenvalue weighted by atomic mass is 16.3. The summed E-state index contributed by atoms with van der Waals surface area (Å²) in [6.45, 7) is 2.22. The van der Waals surface area contributed by atoms with Gasteiger partial charge in [-0.3, -0.25) is 4.68 Å². The van der Waals surface area contributed by atoms with E-state index in [-0.39, 0.29) is 0 Å². The number of hydrogen-bond donors (Lipinski definition) is 2. The predicted molar refractivity (Wildman–Crippen MR) is 70.6 cm³/mol. The summed E-state index contributed by atoms with van der Waals surface area (Å²) in [5, 5.41) is 14.0. The molecule has 0 amide bonds. The van der Waals surface area contributed by atoms with Crippen molar-refractivity contribution in [2.75, 3.05) is 5.73 Å². The fraction of sp³-hybridized carbons (Fsp3) is 0.769. The van der Waals surface area contributed by atoms with E-state index in [1.165, 1.54) is 32.1 Å². The number of rotatable bonds is 8. The van der Waals surface area contributed by atoms with Crippen molar-refractivity contribution in [1.29, 1.82) is 0 Å². The van der Waals surface area contributed by atoms with Gasteiger partial charge in [0, 0.05) is 12.6 Å². The molecule has 0 bridgehead atoms. The van der Waals surface area contributed by atoms with Gasteiger partial charge in [-0.1, -0.05) is 45.4 Å². The Bertz CT molecular complexity index is 322. The molecule has 0 saturated carbocycles. The molecule has 1 aromatic rings. The van der Waals surface area contributed by atoms with E-state index in [4.69, 9.17) is 5.73 Å². The van der Waals surface area contributed by atoms with Crippen molar-refractivity contribution < 1.29 is 5.11 Å². The number of nitrogens with zero attached hydrogens (tertiary/aromatic N) is 2.